The van der Waals surface area contributed by atoms with Gasteiger partial charge in [-0.25, -0.2) is 0 Å². The largest absolute Gasteiger partial charge is 0.573 e. The van der Waals surface area contributed by atoms with Gasteiger partial charge in [-0.15, -0.1) is 13.2 Å². The molecule has 0 radical (unpaired) electrons. The molecule has 0 aliphatic carbocycles. The topological polar surface area (TPSA) is 9.23 Å². The Labute approximate surface area is 71.3 Å². The Morgan fingerprint density at radius 2 is 2.09 bits per heavy atom. The van der Waals surface area contributed by atoms with Crippen LogP contribution < -0.4 is 0 Å². The molecule has 0 spiro atoms. The van der Waals surface area contributed by atoms with Gasteiger partial charge in [0.25, 0.3) is 0 Å². The number of halogens is 4. The van der Waals surface area contributed by atoms with Crippen molar-refractivity contribution in [2.75, 3.05) is 0 Å². The van der Waals surface area contributed by atoms with Crippen LogP contribution in [0.2, 0.25) is 0 Å². The van der Waals surface area contributed by atoms with Gasteiger partial charge in [0.15, 0.2) is 0 Å². The minimum absolute atomic E-state index is 0.136. The van der Waals surface area contributed by atoms with E-state index in [4.69, 9.17) is 0 Å². The molecule has 0 bridgehead atoms. The Bertz CT molecular complexity index is 226. The van der Waals surface area contributed by atoms with E-state index in [9.17, 15) is 13.2 Å². The van der Waals surface area contributed by atoms with Crippen LogP contribution in [0.3, 0.4) is 0 Å². The van der Waals surface area contributed by atoms with E-state index in [1.54, 1.807) is 8.09 Å². The zero-order valence-corrected chi connectivity index (χ0v) is 7.39. The van der Waals surface area contributed by atoms with Gasteiger partial charge in [-0.1, -0.05) is 20.7 Å². The predicted octanol–water partition coefficient (Wildman–Crippen LogP) is 2.71. The Hall–Kier alpha value is -0.330. The highest BCUT2D eigenvalue weighted by Gasteiger charge is 2.31. The summed E-state index contributed by atoms with van der Waals surface area (Å²) in [4.78, 5) is 0. The van der Waals surface area contributed by atoms with Crippen LogP contribution in [0.25, 0.3) is 0 Å². The van der Waals surface area contributed by atoms with Crippen LogP contribution in [-0.4, -0.2) is 10.4 Å². The van der Waals surface area contributed by atoms with Crippen molar-refractivity contribution < 1.29 is 17.9 Å². The summed E-state index contributed by atoms with van der Waals surface area (Å²) in [5.74, 6) is -0.136. The predicted molar refractivity (Wildman–Crippen MR) is 44.4 cm³/mol. The molecule has 0 unspecified atom stereocenters. The van der Waals surface area contributed by atoms with Gasteiger partial charge in [-0.2, -0.15) is 0 Å². The normalized spacial score (nSPS) is 17.2. The molecule has 0 saturated carbocycles. The molecule has 0 aromatic rings. The fourth-order valence-electron chi connectivity index (χ4n) is 0.496. The molecule has 62 valence electrons. The van der Waals surface area contributed by atoms with Crippen LogP contribution in [-0.2, 0) is 4.74 Å². The van der Waals surface area contributed by atoms with E-state index < -0.39 is 6.36 Å². The van der Waals surface area contributed by atoms with Gasteiger partial charge < -0.3 is 4.74 Å². The molecule has 0 aromatic carbocycles. The van der Waals surface area contributed by atoms with Crippen LogP contribution >= 0.6 is 20.7 Å². The van der Waals surface area contributed by atoms with Crippen LogP contribution in [0.15, 0.2) is 22.0 Å². The van der Waals surface area contributed by atoms with Crippen molar-refractivity contribution in [1.82, 2.24) is 0 Å². The molecule has 0 aromatic heterocycles. The molecule has 0 atom stereocenters. The van der Waals surface area contributed by atoms with E-state index in [-0.39, 0.29) is 26.5 Å². The molecule has 0 N–H and O–H groups in total. The zero-order chi connectivity index (χ0) is 8.32. The first-order valence-electron chi connectivity index (χ1n) is 2.66. The lowest BCUT2D eigenvalue weighted by atomic mass is 10.4. The van der Waals surface area contributed by atoms with E-state index >= 15 is 0 Å². The lowest BCUT2D eigenvalue weighted by Gasteiger charge is -2.09. The maximum atomic E-state index is 11.5. The van der Waals surface area contributed by atoms with Gasteiger partial charge in [0.1, 0.15) is 5.76 Å². The second-order valence-corrected chi connectivity index (χ2v) is 3.82. The first kappa shape index (κ1) is 8.76. The second kappa shape index (κ2) is 3.38. The third-order valence-electron chi connectivity index (χ3n) is 0.834. The van der Waals surface area contributed by atoms with E-state index in [1.165, 1.54) is 12.2 Å². The smallest absolute Gasteiger partial charge is 0.406 e. The van der Waals surface area contributed by atoms with Crippen LogP contribution in [0, 0.1) is 0 Å². The summed E-state index contributed by atoms with van der Waals surface area (Å²) in [6, 6.07) is 0. The van der Waals surface area contributed by atoms with Crippen LogP contribution in [0.1, 0.15) is 0 Å². The third kappa shape index (κ3) is 3.54. The van der Waals surface area contributed by atoms with Crippen molar-refractivity contribution in [3.63, 3.8) is 0 Å². The van der Waals surface area contributed by atoms with Gasteiger partial charge in [0.2, 0.25) is 0 Å². The van der Waals surface area contributed by atoms with Crippen molar-refractivity contribution in [3.05, 3.63) is 22.0 Å². The molecule has 0 amide bonds. The summed E-state index contributed by atoms with van der Waals surface area (Å²) in [5.41, 5.74) is 0. The zero-order valence-electron chi connectivity index (χ0n) is 5.23. The number of hydrogen-bond donors (Lipinski definition) is 0. The summed E-state index contributed by atoms with van der Waals surface area (Å²) >= 11 is -0.185. The monoisotopic (exact) mass is 276 g/mol. The van der Waals surface area contributed by atoms with Crippen molar-refractivity contribution in [1.29, 1.82) is 0 Å². The van der Waals surface area contributed by atoms with Crippen molar-refractivity contribution in [2.24, 2.45) is 0 Å². The quantitative estimate of drug-likeness (QED) is 0.669. The number of rotatable bonds is 1. The van der Waals surface area contributed by atoms with E-state index in [0.29, 0.717) is 0 Å². The van der Waals surface area contributed by atoms with Gasteiger partial charge in [-0.05, 0) is 20.2 Å². The molecule has 5 heteroatoms. The lowest BCUT2D eigenvalue weighted by Crippen LogP contribution is -2.12. The average molecular weight is 276 g/mol. The van der Waals surface area contributed by atoms with Crippen molar-refractivity contribution in [3.8, 4) is 0 Å². The third-order valence-corrected chi connectivity index (χ3v) is 2.38. The fraction of sp³-hybridized carbons (Fsp3) is 0.167. The Morgan fingerprint density at radius 1 is 1.36 bits per heavy atom. The van der Waals surface area contributed by atoms with Gasteiger partial charge in [0, 0.05) is 0 Å². The second-order valence-electron chi connectivity index (χ2n) is 1.66. The van der Waals surface area contributed by atoms with E-state index in [1.807, 2.05) is 0 Å². The number of hydrogen-bond acceptors (Lipinski definition) is 1. The molecule has 0 fully saturated rings. The Balaban J connectivity index is 2.58. The number of alkyl halides is 3. The highest BCUT2D eigenvalue weighted by Crippen LogP contribution is 2.23. The summed E-state index contributed by atoms with van der Waals surface area (Å²) in [7, 11) is 0. The molecule has 1 heterocycles. The number of ether oxygens (including phenoxy) is 1. The summed E-state index contributed by atoms with van der Waals surface area (Å²) in [6.07, 6.45) is -1.87. The van der Waals surface area contributed by atoms with E-state index in [2.05, 4.69) is 4.74 Å². The molecular formula is C6H4F3IO. The molecule has 0 saturated heterocycles. The number of allylic oxidation sites excluding steroid dienone is 2. The maximum absolute atomic E-state index is 11.5. The maximum Gasteiger partial charge on any atom is 0.573 e. The van der Waals surface area contributed by atoms with Gasteiger partial charge >= 0.3 is 6.36 Å². The molecule has 1 nitrogen and oxygen atoms in total. The average Bonchev–Trinajstić information content (AvgIpc) is 1.85. The summed E-state index contributed by atoms with van der Waals surface area (Å²) in [5, 5.41) is 0. The van der Waals surface area contributed by atoms with Gasteiger partial charge in [0.05, 0.1) is 0 Å². The minimum atomic E-state index is -4.57. The first-order valence-corrected chi connectivity index (χ1v) is 5.15. The standard InChI is InChI=1S/C6H4F3IO/c7-6(8,9)11-5-1-3-10-4-2-5/h1-4H. The van der Waals surface area contributed by atoms with Crippen molar-refractivity contribution in [2.45, 2.75) is 6.36 Å². The lowest BCUT2D eigenvalue weighted by molar-refractivity contribution is -0.303. The minimum Gasteiger partial charge on any atom is -0.406 e. The Kier molecular flexibility index (Phi) is 2.69. The molecule has 11 heavy (non-hydrogen) atoms. The molecular weight excluding hydrogens is 272 g/mol. The van der Waals surface area contributed by atoms with Crippen LogP contribution in [0.4, 0.5) is 13.2 Å². The highest BCUT2D eigenvalue weighted by molar-refractivity contribution is 14.2. The summed E-state index contributed by atoms with van der Waals surface area (Å²) in [6.45, 7) is 0. The summed E-state index contributed by atoms with van der Waals surface area (Å²) < 4.78 is 41.7. The van der Waals surface area contributed by atoms with Crippen molar-refractivity contribution >= 4 is 24.7 Å². The molecule has 1 aliphatic rings. The Morgan fingerprint density at radius 3 is 2.55 bits per heavy atom. The van der Waals surface area contributed by atoms with Crippen LogP contribution in [0.5, 0.6) is 0 Å². The fourth-order valence-corrected chi connectivity index (χ4v) is 1.86. The first-order chi connectivity index (χ1) is 5.08. The highest BCUT2D eigenvalue weighted by atomic mass is 127. The SMILES string of the molecule is FC(F)(F)OC1=CC=IC=C1. The molecule has 1 rings (SSSR count). The van der Waals surface area contributed by atoms with Gasteiger partial charge in [-0.3, -0.25) is 0 Å². The van der Waals surface area contributed by atoms with E-state index in [0.717, 1.165) is 0 Å². The molecule has 1 aliphatic heterocycles.